The highest BCUT2D eigenvalue weighted by Crippen LogP contribution is 2.50. The number of likely N-dealkylation sites (tertiary alicyclic amines) is 1. The van der Waals surface area contributed by atoms with E-state index in [1.807, 2.05) is 0 Å². The van der Waals surface area contributed by atoms with E-state index in [9.17, 15) is 81.3 Å². The molecule has 73 heavy (non-hydrogen) atoms. The van der Waals surface area contributed by atoms with Crippen molar-refractivity contribution in [1.29, 1.82) is 0 Å². The first-order valence-corrected chi connectivity index (χ1v) is 23.2. The van der Waals surface area contributed by atoms with E-state index < -0.39 is 125 Å². The van der Waals surface area contributed by atoms with Gasteiger partial charge in [-0.1, -0.05) is 24.3 Å². The van der Waals surface area contributed by atoms with E-state index >= 15 is 0 Å². The lowest BCUT2D eigenvalue weighted by atomic mass is 9.82. The fourth-order valence-electron chi connectivity index (χ4n) is 10.9. The van der Waals surface area contributed by atoms with Gasteiger partial charge >= 0.3 is 24.7 Å². The first kappa shape index (κ1) is 55.4. The maximum absolute atomic E-state index is 13.6. The Kier molecular flexibility index (Phi) is 16.0. The second-order valence-electron chi connectivity index (χ2n) is 19.1. The van der Waals surface area contributed by atoms with Crippen molar-refractivity contribution in [3.63, 3.8) is 0 Å². The van der Waals surface area contributed by atoms with Gasteiger partial charge in [-0.25, -0.2) is 8.78 Å². The molecule has 4 aromatic carbocycles. The zero-order valence-electron chi connectivity index (χ0n) is 39.0. The number of nitrogens with zero attached hydrogens (tertiary/aromatic N) is 1. The van der Waals surface area contributed by atoms with Gasteiger partial charge in [0, 0.05) is 43.8 Å². The highest BCUT2D eigenvalue weighted by molar-refractivity contribution is 5.83. The second-order valence-corrected chi connectivity index (χ2v) is 19.1. The fourth-order valence-corrected chi connectivity index (χ4v) is 10.9. The Hall–Kier alpha value is -5.32. The lowest BCUT2D eigenvalue weighted by Crippen LogP contribution is -2.38. The van der Waals surface area contributed by atoms with Crippen molar-refractivity contribution in [3.05, 3.63) is 141 Å². The molecular formula is C51H50F14N2O6. The van der Waals surface area contributed by atoms with Gasteiger partial charge in [0.2, 0.25) is 5.91 Å². The van der Waals surface area contributed by atoms with Crippen LogP contribution in [0.1, 0.15) is 121 Å². The molecular weight excluding hydrogens is 1000 g/mol. The summed E-state index contributed by atoms with van der Waals surface area (Å²) in [5.74, 6) is -3.22. The number of carbonyl (C=O) groups is 2. The number of alkyl halides is 12. The zero-order chi connectivity index (χ0) is 53.7. The van der Waals surface area contributed by atoms with Gasteiger partial charge in [-0.3, -0.25) is 9.59 Å². The summed E-state index contributed by atoms with van der Waals surface area (Å²) in [5, 5.41) is 22.7. The summed E-state index contributed by atoms with van der Waals surface area (Å²) in [6.45, 7) is 2.77. The summed E-state index contributed by atoms with van der Waals surface area (Å²) >= 11 is 0. The molecule has 2 aliphatic heterocycles. The van der Waals surface area contributed by atoms with Gasteiger partial charge < -0.3 is 29.9 Å². The summed E-state index contributed by atoms with van der Waals surface area (Å²) in [7, 11) is 1.57. The average Bonchev–Trinajstić information content (AvgIpc) is 4.07. The quantitative estimate of drug-likeness (QED) is 0.137. The Balaban J connectivity index is 0.000000214. The van der Waals surface area contributed by atoms with Crippen LogP contribution in [0.3, 0.4) is 0 Å². The molecule has 398 valence electrons. The maximum atomic E-state index is 13.6. The highest BCUT2D eigenvalue weighted by Gasteiger charge is 2.50. The normalized spacial score (nSPS) is 27.7. The van der Waals surface area contributed by atoms with Crippen LogP contribution >= 0.6 is 0 Å². The Morgan fingerprint density at radius 3 is 1.25 bits per heavy atom. The van der Waals surface area contributed by atoms with Crippen molar-refractivity contribution in [2.24, 2.45) is 11.8 Å². The molecule has 2 saturated carbocycles. The van der Waals surface area contributed by atoms with Crippen molar-refractivity contribution in [2.75, 3.05) is 7.05 Å². The van der Waals surface area contributed by atoms with E-state index in [0.29, 0.717) is 61.1 Å². The van der Waals surface area contributed by atoms with Crippen LogP contribution in [0.4, 0.5) is 61.5 Å². The molecule has 2 heterocycles. The summed E-state index contributed by atoms with van der Waals surface area (Å²) in [6, 6.07) is 13.2. The van der Waals surface area contributed by atoms with Gasteiger partial charge in [-0.05, 0) is 134 Å². The Labute approximate surface area is 409 Å². The molecule has 12 atom stereocenters. The topological polar surface area (TPSA) is 108 Å². The van der Waals surface area contributed by atoms with Gasteiger partial charge in [-0.2, -0.15) is 52.7 Å². The lowest BCUT2D eigenvalue weighted by Gasteiger charge is -2.33. The highest BCUT2D eigenvalue weighted by atomic mass is 19.4. The summed E-state index contributed by atoms with van der Waals surface area (Å²) in [6.07, 6.45) is -23.5. The number of halogens is 14. The monoisotopic (exact) mass is 1050 g/mol. The Morgan fingerprint density at radius 1 is 0.548 bits per heavy atom. The fraction of sp³-hybridized carbons (Fsp3) is 0.490. The number of likely N-dealkylation sites (N-methyl/N-ethyl adjacent to an activating group) is 1. The number of ether oxygens (including phenoxy) is 2. The number of benzene rings is 4. The van der Waals surface area contributed by atoms with E-state index in [2.05, 4.69) is 5.32 Å². The molecule has 8 nitrogen and oxygen atoms in total. The van der Waals surface area contributed by atoms with Crippen LogP contribution in [0.25, 0.3) is 0 Å². The number of rotatable bonds is 10. The van der Waals surface area contributed by atoms with Crippen LogP contribution in [0.15, 0.2) is 84.9 Å². The van der Waals surface area contributed by atoms with E-state index in [4.69, 9.17) is 9.47 Å². The van der Waals surface area contributed by atoms with Crippen molar-refractivity contribution in [1.82, 2.24) is 10.2 Å². The number of hydrogen-bond donors (Lipinski definition) is 3. The van der Waals surface area contributed by atoms with Crippen LogP contribution in [0.2, 0.25) is 0 Å². The summed E-state index contributed by atoms with van der Waals surface area (Å²) < 4.78 is 199. The largest absolute Gasteiger partial charge is 0.416 e. The van der Waals surface area contributed by atoms with Crippen LogP contribution in [-0.4, -0.2) is 70.5 Å². The number of aliphatic hydroxyl groups is 2. The molecule has 0 bridgehead atoms. The van der Waals surface area contributed by atoms with Crippen LogP contribution in [0, 0.1) is 23.5 Å². The summed E-state index contributed by atoms with van der Waals surface area (Å²) in [4.78, 5) is 25.6. The van der Waals surface area contributed by atoms with E-state index in [1.54, 1.807) is 31.3 Å². The van der Waals surface area contributed by atoms with E-state index in [0.717, 1.165) is 0 Å². The van der Waals surface area contributed by atoms with Gasteiger partial charge in [-0.15, -0.1) is 0 Å². The molecule has 0 radical (unpaired) electrons. The zero-order valence-corrected chi connectivity index (χ0v) is 39.0. The smallest absolute Gasteiger partial charge is 0.383 e. The van der Waals surface area contributed by atoms with E-state index in [-0.39, 0.29) is 54.0 Å². The van der Waals surface area contributed by atoms with Crippen molar-refractivity contribution >= 4 is 11.8 Å². The van der Waals surface area contributed by atoms with Gasteiger partial charge in [0.25, 0.3) is 5.91 Å². The number of aliphatic hydroxyl groups excluding tert-OH is 2. The molecule has 0 aromatic heterocycles. The third-order valence-corrected chi connectivity index (χ3v) is 14.4. The van der Waals surface area contributed by atoms with Crippen LogP contribution < -0.4 is 5.32 Å². The standard InChI is InChI=1S/C26H26F7NO3.C25H24F7NO3/c1-13(15-9-16(25(28,29)30)11-17(10-15)26(31,32)33)37-22-8-7-19(20-12-21(35)24(36)34(20)2)23(22)14-3-5-18(27)6-4-14;1-12(14-8-15(24(27,28)29)10-16(9-14)25(30,31)32)36-21-7-6-18(19-11-20(34)23(35)33-19)22(21)13-2-4-17(26)5-3-13/h3-6,9-11,13,19-23,35H,7-8,12H2,1-2H3;2-5,8-10,12,18-22,34H,6-7,11H2,1H3,(H,33,35)/t13-,19+,20-,21-,22+,23+;12-,18+,19-,20+,21+,22+/m11/s1. The number of nitrogens with one attached hydrogen (secondary N) is 1. The predicted molar refractivity (Wildman–Crippen MR) is 233 cm³/mol. The molecule has 2 amide bonds. The molecule has 4 aliphatic rings. The molecule has 0 unspecified atom stereocenters. The first-order valence-electron chi connectivity index (χ1n) is 23.2. The minimum Gasteiger partial charge on any atom is -0.383 e. The van der Waals surface area contributed by atoms with Gasteiger partial charge in [0.1, 0.15) is 23.8 Å². The van der Waals surface area contributed by atoms with Crippen LogP contribution in [-0.2, 0) is 43.8 Å². The molecule has 8 rings (SSSR count). The summed E-state index contributed by atoms with van der Waals surface area (Å²) in [5.41, 5.74) is -4.92. The number of amides is 2. The molecule has 0 spiro atoms. The minimum absolute atomic E-state index is 0.0667. The maximum Gasteiger partial charge on any atom is 0.416 e. The second kappa shape index (κ2) is 21.1. The average molecular weight is 1050 g/mol. The molecule has 22 heteroatoms. The molecule has 4 aromatic rings. The third kappa shape index (κ3) is 12.6. The lowest BCUT2D eigenvalue weighted by molar-refractivity contribution is -0.145. The minimum atomic E-state index is -4.98. The Morgan fingerprint density at radius 2 is 0.918 bits per heavy atom. The molecule has 2 aliphatic carbocycles. The number of carbonyl (C=O) groups excluding carboxylic acids is 2. The van der Waals surface area contributed by atoms with Crippen molar-refractivity contribution < 1.29 is 90.7 Å². The molecule has 3 N–H and O–H groups in total. The van der Waals surface area contributed by atoms with Gasteiger partial charge in [0.05, 0.1) is 46.7 Å². The third-order valence-electron chi connectivity index (χ3n) is 14.4. The molecule has 4 fully saturated rings. The molecule has 2 saturated heterocycles. The number of hydrogen-bond acceptors (Lipinski definition) is 6. The van der Waals surface area contributed by atoms with Gasteiger partial charge in [0.15, 0.2) is 0 Å². The van der Waals surface area contributed by atoms with E-state index in [1.165, 1.54) is 43.0 Å². The van der Waals surface area contributed by atoms with Crippen molar-refractivity contribution in [3.8, 4) is 0 Å². The van der Waals surface area contributed by atoms with Crippen molar-refractivity contribution in [2.45, 2.75) is 138 Å². The first-order chi connectivity index (χ1) is 33.9. The van der Waals surface area contributed by atoms with Crippen LogP contribution in [0.5, 0.6) is 0 Å². The predicted octanol–water partition coefficient (Wildman–Crippen LogP) is 11.8. The SMILES string of the molecule is C[C@@H](O[C@H]1CC[C@@H]([C@H]2C[C@@H](O)C(=O)N2C)[C@@H]1c1ccc(F)cc1)c1cc(C(F)(F)F)cc(C(F)(F)F)c1.C[C@@H](O[C@H]1CC[C@@H]([C@H]2C[C@H](O)C(=O)N2)[C@@H]1c1ccc(F)cc1)c1cc(C(F)(F)F)cc(C(F)(F)F)c1. The Bertz CT molecular complexity index is 2520.